The summed E-state index contributed by atoms with van der Waals surface area (Å²) in [5.74, 6) is 0.510. The number of carbonyl (C=O) groups is 1. The third-order valence-corrected chi connectivity index (χ3v) is 5.01. The van der Waals surface area contributed by atoms with Crippen molar-refractivity contribution < 1.29 is 27.4 Å². The predicted octanol–water partition coefficient (Wildman–Crippen LogP) is 3.73. The van der Waals surface area contributed by atoms with Gasteiger partial charge in [-0.25, -0.2) is 0 Å². The van der Waals surface area contributed by atoms with Crippen LogP contribution in [0.25, 0.3) is 5.69 Å². The van der Waals surface area contributed by atoms with E-state index >= 15 is 0 Å². The highest BCUT2D eigenvalue weighted by atomic mass is 19.4. The normalized spacial score (nSPS) is 15.3. The van der Waals surface area contributed by atoms with Crippen molar-refractivity contribution in [1.82, 2.24) is 9.88 Å². The van der Waals surface area contributed by atoms with Crippen LogP contribution in [0, 0.1) is 6.92 Å². The Kier molecular flexibility index (Phi) is 5.65. The Morgan fingerprint density at radius 2 is 1.84 bits per heavy atom. The number of rotatable bonds is 4. The fourth-order valence-corrected chi connectivity index (χ4v) is 3.41. The van der Waals surface area contributed by atoms with Crippen LogP contribution in [0.2, 0.25) is 0 Å². The number of benzene rings is 2. The third-order valence-electron chi connectivity index (χ3n) is 5.01. The molecule has 2 aromatic carbocycles. The lowest BCUT2D eigenvalue weighted by atomic mass is 10.1. The molecule has 0 spiro atoms. The fraction of sp³-hybridized carbons (Fsp3) is 0.217. The minimum atomic E-state index is -4.55. The number of para-hydroxylation sites is 2. The molecule has 0 aliphatic carbocycles. The maximum atomic E-state index is 13.1. The molecule has 4 rings (SSSR count). The second kappa shape index (κ2) is 8.41. The van der Waals surface area contributed by atoms with Crippen molar-refractivity contribution in [3.63, 3.8) is 0 Å². The first-order valence-electron chi connectivity index (χ1n) is 9.81. The lowest BCUT2D eigenvalue weighted by molar-refractivity contribution is -0.137. The molecule has 1 amide bonds. The van der Waals surface area contributed by atoms with Gasteiger partial charge in [-0.05, 0) is 49.4 Å². The Labute approximate surface area is 181 Å². The first-order chi connectivity index (χ1) is 15.2. The van der Waals surface area contributed by atoms with E-state index in [1.807, 2.05) is 6.07 Å². The van der Waals surface area contributed by atoms with Crippen LogP contribution in [0.15, 0.2) is 65.5 Å². The van der Waals surface area contributed by atoms with Crippen molar-refractivity contribution in [2.24, 2.45) is 0 Å². The predicted molar refractivity (Wildman–Crippen MR) is 110 cm³/mol. The van der Waals surface area contributed by atoms with Gasteiger partial charge in [0.1, 0.15) is 18.3 Å². The summed E-state index contributed by atoms with van der Waals surface area (Å²) in [7, 11) is 0. The van der Waals surface area contributed by atoms with Crippen LogP contribution in [-0.4, -0.2) is 29.7 Å². The molecular formula is C23H19F3N2O4. The van der Waals surface area contributed by atoms with Crippen LogP contribution >= 0.6 is 0 Å². The Bertz CT molecular complexity index is 1220. The molecule has 1 N–H and O–H groups in total. The molecule has 166 valence electrons. The average molecular weight is 444 g/mol. The summed E-state index contributed by atoms with van der Waals surface area (Å²) in [6.45, 7) is 1.89. The highest BCUT2D eigenvalue weighted by molar-refractivity contribution is 5.94. The van der Waals surface area contributed by atoms with E-state index in [1.165, 1.54) is 24.3 Å². The molecule has 9 heteroatoms. The van der Waals surface area contributed by atoms with Gasteiger partial charge in [0.05, 0.1) is 12.1 Å². The van der Waals surface area contributed by atoms with Gasteiger partial charge in [-0.3, -0.25) is 14.2 Å². The van der Waals surface area contributed by atoms with E-state index in [4.69, 9.17) is 9.47 Å². The zero-order valence-electron chi connectivity index (χ0n) is 17.0. The average Bonchev–Trinajstić information content (AvgIpc) is 2.77. The number of ether oxygens (including phenoxy) is 2. The van der Waals surface area contributed by atoms with Gasteiger partial charge in [-0.15, -0.1) is 0 Å². The summed E-state index contributed by atoms with van der Waals surface area (Å²) in [5, 5.41) is 2.64. The number of carbonyl (C=O) groups excluding carboxylic acids is 1. The van der Waals surface area contributed by atoms with E-state index in [-0.39, 0.29) is 24.4 Å². The Morgan fingerprint density at radius 3 is 2.59 bits per heavy atom. The van der Waals surface area contributed by atoms with Crippen molar-refractivity contribution in [1.29, 1.82) is 0 Å². The van der Waals surface area contributed by atoms with E-state index in [9.17, 15) is 22.8 Å². The number of aryl methyl sites for hydroxylation is 1. The molecule has 0 fully saturated rings. The van der Waals surface area contributed by atoms with Crippen molar-refractivity contribution in [2.75, 3.05) is 13.2 Å². The molecule has 1 aromatic heterocycles. The molecule has 0 bridgehead atoms. The largest absolute Gasteiger partial charge is 0.486 e. The number of hydrogen-bond acceptors (Lipinski definition) is 4. The molecule has 0 saturated heterocycles. The lowest BCUT2D eigenvalue weighted by Crippen LogP contribution is -2.42. The zero-order chi connectivity index (χ0) is 22.9. The second-order valence-electron chi connectivity index (χ2n) is 7.28. The number of hydrogen-bond donors (Lipinski definition) is 1. The topological polar surface area (TPSA) is 69.6 Å². The molecule has 0 saturated carbocycles. The Hall–Kier alpha value is -3.75. The van der Waals surface area contributed by atoms with Crippen LogP contribution in [0.4, 0.5) is 13.2 Å². The second-order valence-corrected chi connectivity index (χ2v) is 7.28. The van der Waals surface area contributed by atoms with E-state index in [0.29, 0.717) is 17.2 Å². The Balaban J connectivity index is 1.54. The van der Waals surface area contributed by atoms with E-state index in [0.717, 1.165) is 16.7 Å². The highest BCUT2D eigenvalue weighted by Crippen LogP contribution is 2.31. The number of halogens is 3. The maximum absolute atomic E-state index is 13.1. The summed E-state index contributed by atoms with van der Waals surface area (Å²) in [6, 6.07) is 14.4. The van der Waals surface area contributed by atoms with Crippen LogP contribution in [0.1, 0.15) is 21.6 Å². The van der Waals surface area contributed by atoms with Crippen molar-refractivity contribution in [3.05, 3.63) is 87.8 Å². The molecule has 1 unspecified atom stereocenters. The monoisotopic (exact) mass is 444 g/mol. The minimum Gasteiger partial charge on any atom is -0.486 e. The van der Waals surface area contributed by atoms with Crippen LogP contribution in [0.5, 0.6) is 11.5 Å². The number of fused-ring (bicyclic) bond motifs is 1. The molecule has 1 atom stereocenters. The summed E-state index contributed by atoms with van der Waals surface area (Å²) in [5.41, 5.74) is -1.37. The van der Waals surface area contributed by atoms with Crippen LogP contribution < -0.4 is 20.3 Å². The van der Waals surface area contributed by atoms with Crippen molar-refractivity contribution in [3.8, 4) is 17.2 Å². The molecule has 32 heavy (non-hydrogen) atoms. The summed E-state index contributed by atoms with van der Waals surface area (Å²) in [4.78, 5) is 25.6. The molecule has 2 heterocycles. The van der Waals surface area contributed by atoms with Gasteiger partial charge in [-0.2, -0.15) is 13.2 Å². The molecule has 6 nitrogen and oxygen atoms in total. The van der Waals surface area contributed by atoms with Gasteiger partial charge >= 0.3 is 6.18 Å². The van der Waals surface area contributed by atoms with Crippen molar-refractivity contribution >= 4 is 5.91 Å². The summed E-state index contributed by atoms with van der Waals surface area (Å²) in [6.07, 6.45) is -5.01. The molecule has 3 aromatic rings. The minimum absolute atomic E-state index is 0.0256. The SMILES string of the molecule is Cc1ccc(C(=O)NCC2COc3ccccc3O2)c(=O)n1-c1cccc(C(F)(F)F)c1. The number of nitrogens with one attached hydrogen (secondary N) is 1. The smallest absolute Gasteiger partial charge is 0.416 e. The molecule has 1 aliphatic rings. The quantitative estimate of drug-likeness (QED) is 0.666. The number of amides is 1. The number of pyridine rings is 1. The molecule has 1 aliphatic heterocycles. The summed E-state index contributed by atoms with van der Waals surface area (Å²) < 4.78 is 51.7. The van der Waals surface area contributed by atoms with E-state index in [1.54, 1.807) is 25.1 Å². The van der Waals surface area contributed by atoms with Gasteiger partial charge in [0.25, 0.3) is 11.5 Å². The van der Waals surface area contributed by atoms with Gasteiger partial charge in [0.15, 0.2) is 11.5 Å². The number of aromatic nitrogens is 1. The highest BCUT2D eigenvalue weighted by Gasteiger charge is 2.31. The van der Waals surface area contributed by atoms with E-state index < -0.39 is 29.3 Å². The molecule has 0 radical (unpaired) electrons. The van der Waals surface area contributed by atoms with Gasteiger partial charge < -0.3 is 14.8 Å². The first-order valence-corrected chi connectivity index (χ1v) is 9.81. The Morgan fingerprint density at radius 1 is 1.09 bits per heavy atom. The number of nitrogens with zero attached hydrogens (tertiary/aromatic N) is 1. The maximum Gasteiger partial charge on any atom is 0.416 e. The first kappa shape index (κ1) is 21.5. The summed E-state index contributed by atoms with van der Waals surface area (Å²) >= 11 is 0. The third kappa shape index (κ3) is 4.32. The van der Waals surface area contributed by atoms with Crippen LogP contribution in [0.3, 0.4) is 0 Å². The molecular weight excluding hydrogens is 425 g/mol. The van der Waals surface area contributed by atoms with Gasteiger partial charge in [0, 0.05) is 11.4 Å². The number of alkyl halides is 3. The standard InChI is InChI=1S/C23H19F3N2O4/c1-14-9-10-18(22(30)28(14)16-6-4-5-15(11-16)23(24,25)26)21(29)27-12-17-13-31-19-7-2-3-8-20(19)32-17/h2-11,17H,12-13H2,1H3,(H,27,29). The zero-order valence-corrected chi connectivity index (χ0v) is 17.0. The van der Waals surface area contributed by atoms with Gasteiger partial charge in [0.2, 0.25) is 0 Å². The van der Waals surface area contributed by atoms with Crippen LogP contribution in [-0.2, 0) is 6.18 Å². The lowest BCUT2D eigenvalue weighted by Gasteiger charge is -2.26. The van der Waals surface area contributed by atoms with E-state index in [2.05, 4.69) is 5.32 Å². The van der Waals surface area contributed by atoms with Crippen molar-refractivity contribution in [2.45, 2.75) is 19.2 Å². The fourth-order valence-electron chi connectivity index (χ4n) is 3.41. The van der Waals surface area contributed by atoms with Gasteiger partial charge in [-0.1, -0.05) is 18.2 Å².